The number of unbranched alkanes of at least 4 members (excludes halogenated alkanes) is 2. The van der Waals surface area contributed by atoms with E-state index in [9.17, 15) is 0 Å². The van der Waals surface area contributed by atoms with Crippen molar-refractivity contribution in [3.8, 4) is 10.6 Å². The van der Waals surface area contributed by atoms with Crippen molar-refractivity contribution >= 4 is 27.6 Å². The zero-order chi connectivity index (χ0) is 13.9. The summed E-state index contributed by atoms with van der Waals surface area (Å²) in [5.74, 6) is 1.04. The van der Waals surface area contributed by atoms with Gasteiger partial charge in [-0.25, -0.2) is 4.98 Å². The standard InChI is InChI=1S/C13H17N5S2/c1-9-12(20-8-15-9)10-7-19-13-17-16-11(18(10)13)5-3-2-4-6-14/h7-8H,2-6,14H2,1H3. The first kappa shape index (κ1) is 13.7. The summed E-state index contributed by atoms with van der Waals surface area (Å²) in [5, 5.41) is 10.7. The Bertz CT molecular complexity index is 697. The predicted molar refractivity (Wildman–Crippen MR) is 83.3 cm³/mol. The summed E-state index contributed by atoms with van der Waals surface area (Å²) in [6, 6.07) is 0. The molecule has 0 radical (unpaired) electrons. The molecule has 7 heteroatoms. The Morgan fingerprint density at radius 1 is 1.20 bits per heavy atom. The topological polar surface area (TPSA) is 69.1 Å². The van der Waals surface area contributed by atoms with Crippen LogP contribution in [0.2, 0.25) is 0 Å². The first-order chi connectivity index (χ1) is 9.81. The maximum absolute atomic E-state index is 5.53. The van der Waals surface area contributed by atoms with Crippen LogP contribution < -0.4 is 5.73 Å². The van der Waals surface area contributed by atoms with E-state index in [4.69, 9.17) is 5.73 Å². The SMILES string of the molecule is Cc1ncsc1-c1csc2nnc(CCCCCN)n12. The largest absolute Gasteiger partial charge is 0.330 e. The molecule has 0 aromatic carbocycles. The summed E-state index contributed by atoms with van der Waals surface area (Å²) in [5.41, 5.74) is 9.66. The fraction of sp³-hybridized carbons (Fsp3) is 0.462. The van der Waals surface area contributed by atoms with Crippen molar-refractivity contribution in [1.82, 2.24) is 19.6 Å². The molecule has 0 unspecified atom stereocenters. The number of rotatable bonds is 6. The Morgan fingerprint density at radius 3 is 2.85 bits per heavy atom. The number of aromatic nitrogens is 4. The van der Waals surface area contributed by atoms with Crippen LogP contribution >= 0.6 is 22.7 Å². The summed E-state index contributed by atoms with van der Waals surface area (Å²) >= 11 is 3.30. The van der Waals surface area contributed by atoms with Crippen molar-refractivity contribution in [1.29, 1.82) is 0 Å². The zero-order valence-electron chi connectivity index (χ0n) is 11.4. The Morgan fingerprint density at radius 2 is 2.10 bits per heavy atom. The van der Waals surface area contributed by atoms with Gasteiger partial charge in [-0.15, -0.1) is 32.9 Å². The van der Waals surface area contributed by atoms with Crippen LogP contribution in [0.1, 0.15) is 30.8 Å². The lowest BCUT2D eigenvalue weighted by atomic mass is 10.2. The molecule has 0 saturated heterocycles. The molecule has 0 aliphatic carbocycles. The second kappa shape index (κ2) is 5.99. The first-order valence-corrected chi connectivity index (χ1v) is 8.49. The van der Waals surface area contributed by atoms with Gasteiger partial charge in [0.25, 0.3) is 0 Å². The average molecular weight is 307 g/mol. The van der Waals surface area contributed by atoms with Crippen LogP contribution in [0.5, 0.6) is 0 Å². The molecule has 3 aromatic rings. The minimum Gasteiger partial charge on any atom is -0.330 e. The molecular formula is C13H17N5S2. The molecule has 0 fully saturated rings. The van der Waals surface area contributed by atoms with Crippen LogP contribution in [-0.4, -0.2) is 26.1 Å². The van der Waals surface area contributed by atoms with Gasteiger partial charge in [-0.1, -0.05) is 6.42 Å². The van der Waals surface area contributed by atoms with E-state index in [-0.39, 0.29) is 0 Å². The Balaban J connectivity index is 1.90. The maximum atomic E-state index is 5.53. The Kier molecular flexibility index (Phi) is 4.09. The quantitative estimate of drug-likeness (QED) is 0.711. The molecule has 2 N–H and O–H groups in total. The van der Waals surface area contributed by atoms with E-state index < -0.39 is 0 Å². The molecule has 0 spiro atoms. The van der Waals surface area contributed by atoms with Gasteiger partial charge in [0.15, 0.2) is 0 Å². The molecule has 5 nitrogen and oxygen atoms in total. The van der Waals surface area contributed by atoms with Gasteiger partial charge in [0.05, 0.1) is 21.8 Å². The van der Waals surface area contributed by atoms with Gasteiger partial charge in [0.2, 0.25) is 4.96 Å². The number of nitrogens with zero attached hydrogens (tertiary/aromatic N) is 4. The van der Waals surface area contributed by atoms with Crippen LogP contribution in [0.4, 0.5) is 0 Å². The molecular weight excluding hydrogens is 290 g/mol. The van der Waals surface area contributed by atoms with E-state index in [0.29, 0.717) is 0 Å². The lowest BCUT2D eigenvalue weighted by Crippen LogP contribution is -2.00. The Labute approximate surface area is 125 Å². The van der Waals surface area contributed by atoms with E-state index in [1.54, 1.807) is 22.7 Å². The molecule has 3 rings (SSSR count). The van der Waals surface area contributed by atoms with E-state index in [0.717, 1.165) is 48.7 Å². The number of hydrogen-bond acceptors (Lipinski definition) is 6. The summed E-state index contributed by atoms with van der Waals surface area (Å²) in [6.07, 6.45) is 4.27. The van der Waals surface area contributed by atoms with E-state index >= 15 is 0 Å². The smallest absolute Gasteiger partial charge is 0.216 e. The summed E-state index contributed by atoms with van der Waals surface area (Å²) in [6.45, 7) is 2.81. The van der Waals surface area contributed by atoms with Gasteiger partial charge in [-0.3, -0.25) is 4.40 Å². The molecule has 106 valence electrons. The summed E-state index contributed by atoms with van der Waals surface area (Å²) < 4.78 is 2.17. The molecule has 0 amide bonds. The number of thiazole rings is 2. The number of hydrogen-bond donors (Lipinski definition) is 1. The lowest BCUT2D eigenvalue weighted by Gasteiger charge is -2.02. The van der Waals surface area contributed by atoms with E-state index in [1.165, 1.54) is 10.6 Å². The van der Waals surface area contributed by atoms with Crippen molar-refractivity contribution in [3.05, 3.63) is 22.4 Å². The van der Waals surface area contributed by atoms with Crippen molar-refractivity contribution in [2.45, 2.75) is 32.6 Å². The van der Waals surface area contributed by atoms with Gasteiger partial charge >= 0.3 is 0 Å². The van der Waals surface area contributed by atoms with Gasteiger partial charge < -0.3 is 5.73 Å². The minimum atomic E-state index is 0.763. The van der Waals surface area contributed by atoms with Crippen molar-refractivity contribution in [3.63, 3.8) is 0 Å². The number of fused-ring (bicyclic) bond motifs is 1. The van der Waals surface area contributed by atoms with Crippen molar-refractivity contribution in [2.24, 2.45) is 5.73 Å². The van der Waals surface area contributed by atoms with Gasteiger partial charge in [0, 0.05) is 11.8 Å². The molecule has 0 aliphatic heterocycles. The highest BCUT2D eigenvalue weighted by atomic mass is 32.1. The third-order valence-electron chi connectivity index (χ3n) is 3.30. The molecule has 3 heterocycles. The predicted octanol–water partition coefficient (Wildman–Crippen LogP) is 2.89. The highest BCUT2D eigenvalue weighted by Gasteiger charge is 2.15. The summed E-state index contributed by atoms with van der Waals surface area (Å²) in [4.78, 5) is 6.50. The van der Waals surface area contributed by atoms with Crippen LogP contribution in [0, 0.1) is 6.92 Å². The van der Waals surface area contributed by atoms with Crippen LogP contribution in [-0.2, 0) is 6.42 Å². The first-order valence-electron chi connectivity index (χ1n) is 6.73. The highest BCUT2D eigenvalue weighted by Crippen LogP contribution is 2.31. The maximum Gasteiger partial charge on any atom is 0.216 e. The molecule has 0 bridgehead atoms. The van der Waals surface area contributed by atoms with Crippen LogP contribution in [0.15, 0.2) is 10.9 Å². The zero-order valence-corrected chi connectivity index (χ0v) is 13.0. The summed E-state index contributed by atoms with van der Waals surface area (Å²) in [7, 11) is 0. The minimum absolute atomic E-state index is 0.763. The fourth-order valence-electron chi connectivity index (χ4n) is 2.25. The van der Waals surface area contributed by atoms with E-state index in [2.05, 4.69) is 25.0 Å². The van der Waals surface area contributed by atoms with Crippen LogP contribution in [0.25, 0.3) is 15.5 Å². The highest BCUT2D eigenvalue weighted by molar-refractivity contribution is 7.16. The third kappa shape index (κ3) is 2.48. The third-order valence-corrected chi connectivity index (χ3v) is 5.07. The van der Waals surface area contributed by atoms with Crippen molar-refractivity contribution < 1.29 is 0 Å². The molecule has 20 heavy (non-hydrogen) atoms. The van der Waals surface area contributed by atoms with Crippen molar-refractivity contribution in [2.75, 3.05) is 6.54 Å². The number of nitrogens with two attached hydrogens (primary N) is 1. The molecule has 0 saturated carbocycles. The number of aryl methyl sites for hydroxylation is 2. The molecule has 3 aromatic heterocycles. The second-order valence-electron chi connectivity index (χ2n) is 4.72. The van der Waals surface area contributed by atoms with Gasteiger partial charge in [0.1, 0.15) is 5.82 Å². The molecule has 0 atom stereocenters. The normalized spacial score (nSPS) is 11.5. The second-order valence-corrected chi connectivity index (χ2v) is 6.41. The monoisotopic (exact) mass is 307 g/mol. The molecule has 0 aliphatic rings. The van der Waals surface area contributed by atoms with Gasteiger partial charge in [-0.05, 0) is 26.3 Å². The lowest BCUT2D eigenvalue weighted by molar-refractivity contribution is 0.666. The Hall–Kier alpha value is -1.31. The average Bonchev–Trinajstić information content (AvgIpc) is 3.12. The fourth-order valence-corrected chi connectivity index (χ4v) is 3.97. The van der Waals surface area contributed by atoms with Crippen LogP contribution in [0.3, 0.4) is 0 Å². The van der Waals surface area contributed by atoms with Gasteiger partial charge in [-0.2, -0.15) is 0 Å². The van der Waals surface area contributed by atoms with E-state index in [1.807, 2.05) is 12.4 Å².